The van der Waals surface area contributed by atoms with E-state index in [1.165, 1.54) is 0 Å². The standard InChI is InChI=1S/C14H13ClF6N6/c1-6(13(16,17)18)22-11-25-10(8-4-3-5-9(15)24-8)26-12(27-11)23-7(2)14(19,20)21/h3-7H,1-2H3,(H2,22,23,25,26,27)/t6-,7-/m1/s1/i3D,4D,6D,7D. The largest absolute Gasteiger partial charge is 0.408 e. The van der Waals surface area contributed by atoms with Gasteiger partial charge in [0.1, 0.15) is 22.9 Å². The van der Waals surface area contributed by atoms with E-state index in [9.17, 15) is 26.3 Å². The van der Waals surface area contributed by atoms with Crippen LogP contribution < -0.4 is 10.6 Å². The predicted octanol–water partition coefficient (Wildman–Crippen LogP) is 4.31. The van der Waals surface area contributed by atoms with Crippen LogP contribution in [0.1, 0.15) is 19.3 Å². The first-order chi connectivity index (χ1) is 13.8. The first-order valence-corrected chi connectivity index (χ1v) is 7.32. The Morgan fingerprint density at radius 2 is 1.44 bits per heavy atom. The first kappa shape index (κ1) is 15.7. The fourth-order valence-electron chi connectivity index (χ4n) is 1.51. The molecular formula is C14H13ClF6N6. The number of anilines is 2. The summed E-state index contributed by atoms with van der Waals surface area (Å²) in [6.45, 7) is 0.812. The van der Waals surface area contributed by atoms with Gasteiger partial charge in [0, 0.05) is 0 Å². The average molecular weight is 419 g/mol. The van der Waals surface area contributed by atoms with Crippen LogP contribution in [0.2, 0.25) is 5.15 Å². The van der Waals surface area contributed by atoms with Crippen LogP contribution in [0.3, 0.4) is 0 Å². The van der Waals surface area contributed by atoms with E-state index in [0.29, 0.717) is 13.8 Å². The molecule has 2 heterocycles. The number of hydrogen-bond acceptors (Lipinski definition) is 6. The summed E-state index contributed by atoms with van der Waals surface area (Å²) in [5.41, 5.74) is -0.539. The highest BCUT2D eigenvalue weighted by Gasteiger charge is 2.38. The molecule has 0 aliphatic heterocycles. The Morgan fingerprint density at radius 1 is 0.963 bits per heavy atom. The summed E-state index contributed by atoms with van der Waals surface area (Å²) in [6, 6.07) is -6.84. The van der Waals surface area contributed by atoms with Crippen molar-refractivity contribution in [3.05, 3.63) is 23.3 Å². The Labute approximate surface area is 160 Å². The normalized spacial score (nSPS) is 19.0. The van der Waals surface area contributed by atoms with Crippen molar-refractivity contribution in [2.24, 2.45) is 0 Å². The van der Waals surface area contributed by atoms with Crippen molar-refractivity contribution in [2.45, 2.75) is 38.2 Å². The van der Waals surface area contributed by atoms with Crippen LogP contribution in [0.5, 0.6) is 0 Å². The minimum absolute atomic E-state index is 0.318. The molecule has 0 aliphatic rings. The fourth-order valence-corrected chi connectivity index (χ4v) is 1.65. The number of pyridine rings is 1. The molecular weight excluding hydrogens is 402 g/mol. The smallest absolute Gasteiger partial charge is 0.343 e. The molecule has 0 radical (unpaired) electrons. The zero-order chi connectivity index (χ0) is 24.0. The lowest BCUT2D eigenvalue weighted by Gasteiger charge is -2.20. The van der Waals surface area contributed by atoms with Crippen molar-refractivity contribution in [1.29, 1.82) is 0 Å². The van der Waals surface area contributed by atoms with Gasteiger partial charge in [-0.1, -0.05) is 17.6 Å². The van der Waals surface area contributed by atoms with Gasteiger partial charge in [-0.15, -0.1) is 0 Å². The van der Waals surface area contributed by atoms with Crippen molar-refractivity contribution >= 4 is 23.5 Å². The lowest BCUT2D eigenvalue weighted by atomic mass is 10.3. The van der Waals surface area contributed by atoms with Crippen molar-refractivity contribution < 1.29 is 31.8 Å². The molecule has 0 saturated carbocycles. The van der Waals surface area contributed by atoms with Crippen LogP contribution in [0.15, 0.2) is 18.2 Å². The predicted molar refractivity (Wildman–Crippen MR) is 86.3 cm³/mol. The number of hydrogen-bond donors (Lipinski definition) is 2. The van der Waals surface area contributed by atoms with Crippen LogP contribution in [0.4, 0.5) is 38.2 Å². The first-order valence-electron chi connectivity index (χ1n) is 8.94. The minimum atomic E-state index is -5.13. The van der Waals surface area contributed by atoms with Crippen molar-refractivity contribution in [3.63, 3.8) is 0 Å². The molecule has 2 aromatic rings. The molecule has 27 heavy (non-hydrogen) atoms. The van der Waals surface area contributed by atoms with E-state index in [2.05, 4.69) is 19.9 Å². The average Bonchev–Trinajstić information content (AvgIpc) is 2.54. The van der Waals surface area contributed by atoms with Gasteiger partial charge in [-0.3, -0.25) is 0 Å². The lowest BCUT2D eigenvalue weighted by molar-refractivity contribution is -0.139. The molecule has 2 N–H and O–H groups in total. The number of aromatic nitrogens is 4. The van der Waals surface area contributed by atoms with E-state index in [0.717, 1.165) is 6.07 Å². The Hall–Kier alpha value is -2.37. The van der Waals surface area contributed by atoms with Gasteiger partial charge in [-0.25, -0.2) is 4.98 Å². The van der Waals surface area contributed by atoms with Crippen LogP contribution in [0.25, 0.3) is 11.5 Å². The second-order valence-corrected chi connectivity index (χ2v) is 5.39. The van der Waals surface area contributed by atoms with Crippen molar-refractivity contribution in [1.82, 2.24) is 19.9 Å². The maximum Gasteiger partial charge on any atom is 0.408 e. The van der Waals surface area contributed by atoms with E-state index < -0.39 is 59.9 Å². The van der Waals surface area contributed by atoms with Gasteiger partial charge in [-0.2, -0.15) is 41.3 Å². The minimum Gasteiger partial charge on any atom is -0.343 e. The monoisotopic (exact) mass is 418 g/mol. The summed E-state index contributed by atoms with van der Waals surface area (Å²) in [4.78, 5) is 14.2. The number of nitrogens with one attached hydrogen (secondary N) is 2. The van der Waals surface area contributed by atoms with Gasteiger partial charge in [0.05, 0.1) is 5.48 Å². The Kier molecular flexibility index (Phi) is 4.47. The number of alkyl halides is 6. The van der Waals surface area contributed by atoms with Crippen LogP contribution >= 0.6 is 11.6 Å². The van der Waals surface area contributed by atoms with E-state index >= 15 is 0 Å². The van der Waals surface area contributed by atoms with Crippen molar-refractivity contribution in [2.75, 3.05) is 10.6 Å². The highest BCUT2D eigenvalue weighted by Crippen LogP contribution is 2.26. The molecule has 0 bridgehead atoms. The van der Waals surface area contributed by atoms with E-state index in [-0.39, 0.29) is 5.15 Å². The molecule has 0 aliphatic carbocycles. The van der Waals surface area contributed by atoms with Crippen LogP contribution in [-0.2, 0) is 0 Å². The van der Waals surface area contributed by atoms with Crippen LogP contribution in [-0.4, -0.2) is 44.3 Å². The molecule has 13 heteroatoms. The third-order valence-electron chi connectivity index (χ3n) is 2.90. The zero-order valence-electron chi connectivity index (χ0n) is 17.5. The van der Waals surface area contributed by atoms with E-state index in [1.807, 2.05) is 0 Å². The Morgan fingerprint density at radius 3 is 1.89 bits per heavy atom. The van der Waals surface area contributed by atoms with E-state index in [1.54, 1.807) is 10.6 Å². The van der Waals surface area contributed by atoms with Crippen LogP contribution in [0, 0.1) is 0 Å². The van der Waals surface area contributed by atoms with Gasteiger partial charge in [0.25, 0.3) is 0 Å². The third kappa shape index (κ3) is 5.81. The highest BCUT2D eigenvalue weighted by molar-refractivity contribution is 6.29. The summed E-state index contributed by atoms with van der Waals surface area (Å²) in [5.74, 6) is -2.70. The molecule has 0 aromatic carbocycles. The fraction of sp³-hybridized carbons (Fsp3) is 0.429. The van der Waals surface area contributed by atoms with Gasteiger partial charge in [0.15, 0.2) is 5.82 Å². The molecule has 6 nitrogen and oxygen atoms in total. The van der Waals surface area contributed by atoms with Gasteiger partial charge in [0.2, 0.25) is 11.9 Å². The number of rotatable bonds is 5. The second kappa shape index (κ2) is 7.71. The van der Waals surface area contributed by atoms with Crippen molar-refractivity contribution in [3.8, 4) is 11.5 Å². The molecule has 0 fully saturated rings. The number of halogens is 7. The summed E-state index contributed by atoms with van der Waals surface area (Å²) in [5, 5.41) is 2.90. The lowest BCUT2D eigenvalue weighted by Crippen LogP contribution is -2.35. The topological polar surface area (TPSA) is 75.6 Å². The Bertz CT molecular complexity index is 939. The molecule has 2 aromatic heterocycles. The Balaban J connectivity index is 2.66. The molecule has 0 amide bonds. The summed E-state index contributed by atoms with van der Waals surface area (Å²) in [6.07, 6.45) is -10.3. The maximum absolute atomic E-state index is 13.0. The van der Waals surface area contributed by atoms with E-state index in [4.69, 9.17) is 17.1 Å². The molecule has 0 spiro atoms. The molecule has 2 rings (SSSR count). The number of nitrogens with zero attached hydrogens (tertiary/aromatic N) is 4. The quantitative estimate of drug-likeness (QED) is 0.556. The SMILES string of the molecule is [2H]c1cc(Cl)nc(-c2nc(N[C@]([2H])(C)C(F)(F)F)nc(N[C@]([2H])(C)C(F)(F)F)n2)c1[2H]. The molecule has 0 unspecified atom stereocenters. The second-order valence-electron chi connectivity index (χ2n) is 5.00. The highest BCUT2D eigenvalue weighted by atomic mass is 35.5. The molecule has 148 valence electrons. The van der Waals surface area contributed by atoms with Gasteiger partial charge < -0.3 is 10.6 Å². The summed E-state index contributed by atoms with van der Waals surface area (Å²) in [7, 11) is 0. The van der Waals surface area contributed by atoms with Gasteiger partial charge in [-0.05, 0) is 26.0 Å². The molecule has 0 saturated heterocycles. The molecule has 2 atom stereocenters. The third-order valence-corrected chi connectivity index (χ3v) is 3.09. The van der Waals surface area contributed by atoms with Gasteiger partial charge >= 0.3 is 12.4 Å². The maximum atomic E-state index is 13.0. The summed E-state index contributed by atoms with van der Waals surface area (Å²) < 4.78 is 108. The zero-order valence-corrected chi connectivity index (χ0v) is 14.3. The summed E-state index contributed by atoms with van der Waals surface area (Å²) >= 11 is 5.71.